The van der Waals surface area contributed by atoms with E-state index in [-0.39, 0.29) is 68.0 Å². The summed E-state index contributed by atoms with van der Waals surface area (Å²) in [4.78, 5) is 18.2. The van der Waals surface area contributed by atoms with E-state index in [0.717, 1.165) is 19.4 Å². The van der Waals surface area contributed by atoms with Crippen molar-refractivity contribution in [2.45, 2.75) is 44.2 Å². The molecule has 158 valence electrons. The van der Waals surface area contributed by atoms with Gasteiger partial charge < -0.3 is 14.8 Å². The number of carbonyl (C=O) groups is 1. The first kappa shape index (κ1) is 22.5. The lowest BCUT2D eigenvalue weighted by molar-refractivity contribution is -0.125. The Hall–Kier alpha value is -1.74. The molecule has 1 amide bonds. The fraction of sp³-hybridized carbons (Fsp3) is 0.667. The first-order chi connectivity index (χ1) is 12.8. The molecule has 1 atom stereocenters. The van der Waals surface area contributed by atoms with Gasteiger partial charge in [-0.1, -0.05) is 0 Å². The fourth-order valence-electron chi connectivity index (χ4n) is 3.54. The predicted octanol–water partition coefficient (Wildman–Crippen LogP) is 2.79. The van der Waals surface area contributed by atoms with E-state index in [4.69, 9.17) is 9.47 Å². The molecule has 1 saturated heterocycles. The summed E-state index contributed by atoms with van der Waals surface area (Å²) in [6.07, 6.45) is 1.24. The maximum Gasteiger partial charge on any atom is 0.253 e. The van der Waals surface area contributed by atoms with Gasteiger partial charge in [-0.2, -0.15) is 4.98 Å². The van der Waals surface area contributed by atoms with Crippen molar-refractivity contribution in [1.82, 2.24) is 15.2 Å². The predicted molar refractivity (Wildman–Crippen MR) is 98.7 cm³/mol. The second-order valence-electron chi connectivity index (χ2n) is 7.24. The number of alkyl halides is 2. The number of nitrogens with one attached hydrogen (secondary N) is 1. The second-order valence-corrected chi connectivity index (χ2v) is 7.24. The molecular weight excluding hydrogens is 399 g/mol. The zero-order valence-electron chi connectivity index (χ0n) is 15.8. The normalized spacial score (nSPS) is 21.5. The molecule has 0 spiro atoms. The Labute approximate surface area is 168 Å². The number of halogens is 4. The van der Waals surface area contributed by atoms with E-state index >= 15 is 0 Å². The molecule has 10 heteroatoms. The van der Waals surface area contributed by atoms with Crippen molar-refractivity contribution < 1.29 is 27.4 Å². The number of hydrogen-bond acceptors (Lipinski definition) is 5. The van der Waals surface area contributed by atoms with Gasteiger partial charge in [0.05, 0.1) is 19.8 Å². The van der Waals surface area contributed by atoms with Crippen molar-refractivity contribution in [2.75, 3.05) is 27.3 Å². The minimum atomic E-state index is -2.65. The number of likely N-dealkylation sites (tertiary alicyclic amines) is 1. The van der Waals surface area contributed by atoms with Crippen LogP contribution in [0.2, 0.25) is 0 Å². The Bertz CT molecular complexity index is 700. The topological polar surface area (TPSA) is 63.7 Å². The van der Waals surface area contributed by atoms with Crippen molar-refractivity contribution in [1.29, 1.82) is 0 Å². The molecule has 1 N–H and O–H groups in total. The number of likely N-dealkylation sites (N-methyl/N-ethyl adjacent to an activating group) is 1. The third-order valence-corrected chi connectivity index (χ3v) is 5.08. The van der Waals surface area contributed by atoms with Crippen LogP contribution in [0, 0.1) is 11.7 Å². The summed E-state index contributed by atoms with van der Waals surface area (Å²) >= 11 is 0. The van der Waals surface area contributed by atoms with Gasteiger partial charge in [0, 0.05) is 30.9 Å². The average Bonchev–Trinajstić information content (AvgIpc) is 3.02. The summed E-state index contributed by atoms with van der Waals surface area (Å²) in [5.74, 6) is -3.95. The maximum atomic E-state index is 14.3. The molecule has 1 unspecified atom stereocenters. The molecule has 1 aromatic rings. The van der Waals surface area contributed by atoms with Crippen LogP contribution < -0.4 is 14.8 Å². The molecule has 0 bridgehead atoms. The Morgan fingerprint density at radius 1 is 1.39 bits per heavy atom. The van der Waals surface area contributed by atoms with Gasteiger partial charge in [0.2, 0.25) is 17.7 Å². The molecule has 3 rings (SSSR count). The highest BCUT2D eigenvalue weighted by Gasteiger charge is 2.45. The summed E-state index contributed by atoms with van der Waals surface area (Å²) in [5.41, 5.74) is 0.381. The second kappa shape index (κ2) is 9.17. The lowest BCUT2D eigenvalue weighted by Gasteiger charge is -2.34. The highest BCUT2D eigenvalue weighted by Crippen LogP contribution is 2.42. The van der Waals surface area contributed by atoms with E-state index in [2.05, 4.69) is 10.3 Å². The van der Waals surface area contributed by atoms with Crippen LogP contribution in [0.1, 0.15) is 31.2 Å². The van der Waals surface area contributed by atoms with Crippen LogP contribution in [-0.4, -0.2) is 55.1 Å². The monoisotopic (exact) mass is 423 g/mol. The van der Waals surface area contributed by atoms with E-state index in [9.17, 15) is 18.0 Å². The Morgan fingerprint density at radius 3 is 2.68 bits per heavy atom. The summed E-state index contributed by atoms with van der Waals surface area (Å²) < 4.78 is 50.4. The van der Waals surface area contributed by atoms with Crippen LogP contribution in [0.15, 0.2) is 6.07 Å². The van der Waals surface area contributed by atoms with Crippen LogP contribution >= 0.6 is 12.4 Å². The van der Waals surface area contributed by atoms with Gasteiger partial charge in [0.1, 0.15) is 0 Å². The van der Waals surface area contributed by atoms with E-state index in [1.807, 2.05) is 11.9 Å². The molecule has 6 nitrogen and oxygen atoms in total. The van der Waals surface area contributed by atoms with Gasteiger partial charge in [-0.05, 0) is 32.5 Å². The smallest absolute Gasteiger partial charge is 0.253 e. The van der Waals surface area contributed by atoms with E-state index in [0.29, 0.717) is 5.56 Å². The summed E-state index contributed by atoms with van der Waals surface area (Å²) in [7, 11) is 3.27. The first-order valence-corrected chi connectivity index (χ1v) is 9.01. The maximum absolute atomic E-state index is 14.3. The van der Waals surface area contributed by atoms with Crippen molar-refractivity contribution in [2.24, 2.45) is 5.92 Å². The third kappa shape index (κ3) is 5.20. The number of aromatic nitrogens is 1. The van der Waals surface area contributed by atoms with Crippen LogP contribution in [0.3, 0.4) is 0 Å². The molecule has 1 saturated carbocycles. The zero-order chi connectivity index (χ0) is 19.6. The molecule has 2 fully saturated rings. The van der Waals surface area contributed by atoms with Crippen LogP contribution in [-0.2, 0) is 11.3 Å². The molecule has 1 aliphatic carbocycles. The molecule has 1 aromatic heterocycles. The van der Waals surface area contributed by atoms with E-state index in [1.54, 1.807) is 0 Å². The van der Waals surface area contributed by atoms with Gasteiger partial charge >= 0.3 is 0 Å². The van der Waals surface area contributed by atoms with Crippen molar-refractivity contribution >= 4 is 18.3 Å². The van der Waals surface area contributed by atoms with Crippen LogP contribution in [0.4, 0.5) is 13.2 Å². The summed E-state index contributed by atoms with van der Waals surface area (Å²) in [5, 5.41) is 2.78. The molecular formula is C18H25ClF3N3O3. The average molecular weight is 424 g/mol. The zero-order valence-corrected chi connectivity index (χ0v) is 16.7. The number of pyridine rings is 1. The SMILES string of the molecule is COc1nc(OCC2CC(F)(F)C2)c(F)cc1CNC(=O)C1CCCN1C.Cl. The number of amides is 1. The Morgan fingerprint density at radius 2 is 2.11 bits per heavy atom. The fourth-order valence-corrected chi connectivity index (χ4v) is 3.54. The van der Waals surface area contributed by atoms with E-state index in [1.165, 1.54) is 13.2 Å². The summed E-state index contributed by atoms with van der Waals surface area (Å²) in [6.45, 7) is 0.925. The molecule has 2 aliphatic rings. The van der Waals surface area contributed by atoms with Crippen molar-refractivity contribution in [3.05, 3.63) is 17.4 Å². The van der Waals surface area contributed by atoms with Gasteiger partial charge in [-0.15, -0.1) is 12.4 Å². The Balaban J connectivity index is 0.00000280. The van der Waals surface area contributed by atoms with Gasteiger partial charge in [-0.25, -0.2) is 13.2 Å². The number of methoxy groups -OCH3 is 1. The lowest BCUT2D eigenvalue weighted by Crippen LogP contribution is -2.41. The molecule has 0 radical (unpaired) electrons. The van der Waals surface area contributed by atoms with Gasteiger partial charge in [0.25, 0.3) is 5.88 Å². The lowest BCUT2D eigenvalue weighted by atomic mass is 9.82. The van der Waals surface area contributed by atoms with Gasteiger partial charge in [-0.3, -0.25) is 9.69 Å². The Kier molecular flexibility index (Phi) is 7.39. The molecule has 28 heavy (non-hydrogen) atoms. The molecule has 2 heterocycles. The number of hydrogen-bond donors (Lipinski definition) is 1. The third-order valence-electron chi connectivity index (χ3n) is 5.08. The largest absolute Gasteiger partial charge is 0.481 e. The first-order valence-electron chi connectivity index (χ1n) is 9.01. The van der Waals surface area contributed by atoms with Gasteiger partial charge in [0.15, 0.2) is 5.82 Å². The number of carbonyl (C=O) groups excluding carboxylic acids is 1. The number of nitrogens with zero attached hydrogens (tertiary/aromatic N) is 2. The molecule has 0 aromatic carbocycles. The highest BCUT2D eigenvalue weighted by atomic mass is 35.5. The minimum absolute atomic E-state index is 0. The van der Waals surface area contributed by atoms with E-state index < -0.39 is 11.7 Å². The minimum Gasteiger partial charge on any atom is -0.481 e. The van der Waals surface area contributed by atoms with Crippen molar-refractivity contribution in [3.63, 3.8) is 0 Å². The highest BCUT2D eigenvalue weighted by molar-refractivity contribution is 5.85. The quantitative estimate of drug-likeness (QED) is 0.730. The number of ether oxygens (including phenoxy) is 2. The van der Waals surface area contributed by atoms with Crippen LogP contribution in [0.5, 0.6) is 11.8 Å². The van der Waals surface area contributed by atoms with Crippen molar-refractivity contribution in [3.8, 4) is 11.8 Å². The van der Waals surface area contributed by atoms with Crippen LogP contribution in [0.25, 0.3) is 0 Å². The standard InChI is InChI=1S/C18H24F3N3O3.ClH/c1-24-5-3-4-14(24)15(25)22-9-12-6-13(19)17(23-16(12)26-2)27-10-11-7-18(20,21)8-11;/h6,11,14H,3-5,7-10H2,1-2H3,(H,22,25);1H. The summed E-state index contributed by atoms with van der Waals surface area (Å²) in [6, 6.07) is 1.01. The number of rotatable bonds is 7. The molecule has 1 aliphatic heterocycles.